The van der Waals surface area contributed by atoms with E-state index in [0.717, 1.165) is 41.7 Å². The highest BCUT2D eigenvalue weighted by molar-refractivity contribution is 9.10. The van der Waals surface area contributed by atoms with Crippen LogP contribution < -0.4 is 15.4 Å². The Balaban J connectivity index is 1.47. The highest BCUT2D eigenvalue weighted by Gasteiger charge is 2.26. The standard InChI is InChI=1S/C22H26BrN3O3/c1-15-13-17(23)7-8-18(15)24-21(27)14-26-11-9-16(10-12-26)22(28)25-19-5-3-4-6-20(19)29-2/h3-8,13,16H,9-12,14H2,1-2H3,(H,24,27)(H,25,28). The third-order valence-corrected chi connectivity index (χ3v) is 5.65. The Morgan fingerprint density at radius 2 is 1.83 bits per heavy atom. The first-order valence-corrected chi connectivity index (χ1v) is 10.5. The SMILES string of the molecule is COc1ccccc1NC(=O)C1CCN(CC(=O)Nc2ccc(Br)cc2C)CC1. The molecule has 2 aromatic rings. The molecule has 0 spiro atoms. The first-order chi connectivity index (χ1) is 14.0. The fourth-order valence-corrected chi connectivity index (χ4v) is 3.97. The molecule has 1 heterocycles. The first kappa shape index (κ1) is 21.3. The molecule has 154 valence electrons. The molecule has 0 aromatic heterocycles. The van der Waals surface area contributed by atoms with E-state index in [1.54, 1.807) is 7.11 Å². The number of hydrogen-bond acceptors (Lipinski definition) is 4. The summed E-state index contributed by atoms with van der Waals surface area (Å²) in [7, 11) is 1.59. The summed E-state index contributed by atoms with van der Waals surface area (Å²) in [6.07, 6.45) is 1.46. The summed E-state index contributed by atoms with van der Waals surface area (Å²) >= 11 is 3.43. The molecule has 0 saturated carbocycles. The van der Waals surface area contributed by atoms with Gasteiger partial charge in [-0.25, -0.2) is 0 Å². The average Bonchev–Trinajstić information content (AvgIpc) is 2.71. The lowest BCUT2D eigenvalue weighted by Gasteiger charge is -2.30. The van der Waals surface area contributed by atoms with Gasteiger partial charge in [0.1, 0.15) is 5.75 Å². The van der Waals surface area contributed by atoms with Crippen molar-refractivity contribution in [1.82, 2.24) is 4.90 Å². The fourth-order valence-electron chi connectivity index (χ4n) is 3.50. The van der Waals surface area contributed by atoms with Gasteiger partial charge in [-0.1, -0.05) is 28.1 Å². The van der Waals surface area contributed by atoms with E-state index in [4.69, 9.17) is 4.74 Å². The second-order valence-electron chi connectivity index (χ2n) is 7.25. The summed E-state index contributed by atoms with van der Waals surface area (Å²) in [5, 5.41) is 5.93. The van der Waals surface area contributed by atoms with Gasteiger partial charge in [0.25, 0.3) is 0 Å². The van der Waals surface area contributed by atoms with Crippen molar-refractivity contribution in [3.63, 3.8) is 0 Å². The monoisotopic (exact) mass is 459 g/mol. The zero-order chi connectivity index (χ0) is 20.8. The molecule has 0 bridgehead atoms. The number of ether oxygens (including phenoxy) is 1. The number of carbonyl (C=O) groups excluding carboxylic acids is 2. The molecule has 1 aliphatic rings. The number of nitrogens with one attached hydrogen (secondary N) is 2. The molecule has 29 heavy (non-hydrogen) atoms. The minimum atomic E-state index is -0.0621. The van der Waals surface area contributed by atoms with Crippen molar-refractivity contribution >= 4 is 39.1 Å². The van der Waals surface area contributed by atoms with Crippen molar-refractivity contribution in [3.05, 3.63) is 52.5 Å². The summed E-state index contributed by atoms with van der Waals surface area (Å²) in [5.74, 6) is 0.558. The minimum absolute atomic E-state index is 0.00379. The molecule has 3 rings (SSSR count). The van der Waals surface area contributed by atoms with E-state index in [1.807, 2.05) is 49.4 Å². The van der Waals surface area contributed by atoms with Crippen molar-refractivity contribution in [2.24, 2.45) is 5.92 Å². The summed E-state index contributed by atoms with van der Waals surface area (Å²) in [4.78, 5) is 27.1. The predicted octanol–water partition coefficient (Wildman–Crippen LogP) is 4.06. The quantitative estimate of drug-likeness (QED) is 0.683. The number of rotatable bonds is 6. The van der Waals surface area contributed by atoms with E-state index in [-0.39, 0.29) is 17.7 Å². The van der Waals surface area contributed by atoms with Crippen molar-refractivity contribution in [2.45, 2.75) is 19.8 Å². The van der Waals surface area contributed by atoms with E-state index in [2.05, 4.69) is 31.5 Å². The lowest BCUT2D eigenvalue weighted by atomic mass is 9.95. The van der Waals surface area contributed by atoms with Crippen LogP contribution in [0, 0.1) is 12.8 Å². The molecule has 0 aliphatic carbocycles. The van der Waals surface area contributed by atoms with Crippen LogP contribution in [-0.2, 0) is 9.59 Å². The van der Waals surface area contributed by atoms with Gasteiger partial charge < -0.3 is 15.4 Å². The van der Waals surface area contributed by atoms with Crippen LogP contribution in [0.15, 0.2) is 46.9 Å². The van der Waals surface area contributed by atoms with Crippen LogP contribution in [0.1, 0.15) is 18.4 Å². The third-order valence-electron chi connectivity index (χ3n) is 5.15. The Labute approximate surface area is 179 Å². The highest BCUT2D eigenvalue weighted by Crippen LogP contribution is 2.26. The van der Waals surface area contributed by atoms with Gasteiger partial charge in [0, 0.05) is 16.1 Å². The molecule has 0 radical (unpaired) electrons. The second-order valence-corrected chi connectivity index (χ2v) is 8.16. The summed E-state index contributed by atoms with van der Waals surface area (Å²) in [6.45, 7) is 3.73. The third kappa shape index (κ3) is 5.81. The average molecular weight is 460 g/mol. The van der Waals surface area contributed by atoms with Gasteiger partial charge in [0.05, 0.1) is 19.3 Å². The predicted molar refractivity (Wildman–Crippen MR) is 118 cm³/mol. The van der Waals surface area contributed by atoms with Crippen LogP contribution in [0.4, 0.5) is 11.4 Å². The van der Waals surface area contributed by atoms with Crippen molar-refractivity contribution < 1.29 is 14.3 Å². The molecular formula is C22H26BrN3O3. The molecule has 1 fully saturated rings. The van der Waals surface area contributed by atoms with Crippen molar-refractivity contribution in [1.29, 1.82) is 0 Å². The van der Waals surface area contributed by atoms with Gasteiger partial charge >= 0.3 is 0 Å². The topological polar surface area (TPSA) is 70.7 Å². The number of amides is 2. The zero-order valence-electron chi connectivity index (χ0n) is 16.7. The number of para-hydroxylation sites is 2. The molecule has 2 N–H and O–H groups in total. The number of methoxy groups -OCH3 is 1. The number of hydrogen-bond donors (Lipinski definition) is 2. The first-order valence-electron chi connectivity index (χ1n) is 9.68. The Hall–Kier alpha value is -2.38. The number of likely N-dealkylation sites (tertiary alicyclic amines) is 1. The van der Waals surface area contributed by atoms with Crippen molar-refractivity contribution in [2.75, 3.05) is 37.4 Å². The lowest BCUT2D eigenvalue weighted by molar-refractivity contribution is -0.121. The summed E-state index contributed by atoms with van der Waals surface area (Å²) in [6, 6.07) is 13.2. The number of halogens is 1. The van der Waals surface area contributed by atoms with Gasteiger partial charge in [-0.2, -0.15) is 0 Å². The summed E-state index contributed by atoms with van der Waals surface area (Å²) in [5.41, 5.74) is 2.52. The normalized spacial score (nSPS) is 15.0. The molecule has 0 atom stereocenters. The largest absolute Gasteiger partial charge is 0.495 e. The maximum Gasteiger partial charge on any atom is 0.238 e. The molecule has 0 unspecified atom stereocenters. The van der Waals surface area contributed by atoms with Crippen LogP contribution in [0.25, 0.3) is 0 Å². The van der Waals surface area contributed by atoms with E-state index in [1.165, 1.54) is 0 Å². The number of anilines is 2. The Bertz CT molecular complexity index is 879. The molecule has 6 nitrogen and oxygen atoms in total. The molecule has 2 amide bonds. The molecular weight excluding hydrogens is 434 g/mol. The van der Waals surface area contributed by atoms with Gasteiger partial charge in [-0.3, -0.25) is 14.5 Å². The zero-order valence-corrected chi connectivity index (χ0v) is 18.3. The van der Waals surface area contributed by atoms with E-state index in [9.17, 15) is 9.59 Å². The smallest absolute Gasteiger partial charge is 0.238 e. The Morgan fingerprint density at radius 3 is 2.52 bits per heavy atom. The molecule has 1 aliphatic heterocycles. The Morgan fingerprint density at radius 1 is 1.10 bits per heavy atom. The number of nitrogens with zero attached hydrogens (tertiary/aromatic N) is 1. The maximum absolute atomic E-state index is 12.6. The Kier molecular flexibility index (Phi) is 7.28. The van der Waals surface area contributed by atoms with Crippen molar-refractivity contribution in [3.8, 4) is 5.75 Å². The number of benzene rings is 2. The fraction of sp³-hybridized carbons (Fsp3) is 0.364. The molecule has 1 saturated heterocycles. The van der Waals surface area contributed by atoms with Gasteiger partial charge in [0.15, 0.2) is 0 Å². The van der Waals surface area contributed by atoms with Gasteiger partial charge in [0.2, 0.25) is 11.8 Å². The second kappa shape index (κ2) is 9.89. The molecule has 7 heteroatoms. The van der Waals surface area contributed by atoms with E-state index >= 15 is 0 Å². The van der Waals surface area contributed by atoms with E-state index in [0.29, 0.717) is 18.0 Å². The highest BCUT2D eigenvalue weighted by atomic mass is 79.9. The van der Waals surface area contributed by atoms with Crippen LogP contribution >= 0.6 is 15.9 Å². The van der Waals surface area contributed by atoms with Crippen LogP contribution in [0.5, 0.6) is 5.75 Å². The van der Waals surface area contributed by atoms with E-state index < -0.39 is 0 Å². The number of aryl methyl sites for hydroxylation is 1. The number of carbonyl (C=O) groups is 2. The van der Waals surface area contributed by atoms with Gasteiger partial charge in [-0.05, 0) is 68.8 Å². The van der Waals surface area contributed by atoms with Crippen LogP contribution in [0.2, 0.25) is 0 Å². The maximum atomic E-state index is 12.6. The number of piperidine rings is 1. The summed E-state index contributed by atoms with van der Waals surface area (Å²) < 4.78 is 6.28. The van der Waals surface area contributed by atoms with Crippen LogP contribution in [-0.4, -0.2) is 43.5 Å². The molecule has 2 aromatic carbocycles. The van der Waals surface area contributed by atoms with Crippen LogP contribution in [0.3, 0.4) is 0 Å². The lowest BCUT2D eigenvalue weighted by Crippen LogP contribution is -2.41. The van der Waals surface area contributed by atoms with Gasteiger partial charge in [-0.15, -0.1) is 0 Å². The minimum Gasteiger partial charge on any atom is -0.495 e.